The molecule has 1 amide bonds. The molecule has 1 aromatic carbocycles. The van der Waals surface area contributed by atoms with Gasteiger partial charge >= 0.3 is 6.09 Å². The van der Waals surface area contributed by atoms with Gasteiger partial charge in [-0.3, -0.25) is 10.1 Å². The number of hydrogen-bond acceptors (Lipinski definition) is 5. The van der Waals surface area contributed by atoms with Crippen LogP contribution in [-0.4, -0.2) is 28.5 Å². The fourth-order valence-electron chi connectivity index (χ4n) is 1.63. The Morgan fingerprint density at radius 3 is 2.32 bits per heavy atom. The predicted octanol–water partition coefficient (Wildman–Crippen LogP) is 4.89. The molecule has 1 atom stereocenters. The van der Waals surface area contributed by atoms with Crippen LogP contribution in [0.1, 0.15) is 32.4 Å². The summed E-state index contributed by atoms with van der Waals surface area (Å²) in [6.45, 7) is 5.14. The van der Waals surface area contributed by atoms with Gasteiger partial charge in [0.15, 0.2) is 0 Å². The number of hydrogen-bond donors (Lipinski definition) is 1. The number of non-ortho nitro benzene ring substituents is 1. The normalized spacial score (nSPS) is 11.2. The maximum absolute atomic E-state index is 11.8. The summed E-state index contributed by atoms with van der Waals surface area (Å²) >= 11 is 9.53. The first-order valence-corrected chi connectivity index (χ1v) is 8.08. The molecule has 0 spiro atoms. The van der Waals surface area contributed by atoms with Gasteiger partial charge in [0.1, 0.15) is 5.60 Å². The van der Waals surface area contributed by atoms with E-state index in [-0.39, 0.29) is 17.6 Å². The Balaban J connectivity index is 0.00000178. The topological polar surface area (TPSA) is 130 Å². The number of carbonyl (C=O) groups excluding carboxylic acids is 1. The van der Waals surface area contributed by atoms with Gasteiger partial charge < -0.3 is 10.1 Å². The zero-order chi connectivity index (χ0) is 19.5. The van der Waals surface area contributed by atoms with Crippen LogP contribution in [0.2, 0.25) is 0 Å². The number of alkyl carbamates (subject to hydrolysis) is 1. The maximum atomic E-state index is 11.8. The molecule has 0 unspecified atom stereocenters. The van der Waals surface area contributed by atoms with Crippen molar-refractivity contribution >= 4 is 35.0 Å². The lowest BCUT2D eigenvalue weighted by atomic mass is 10.1. The zero-order valence-electron chi connectivity index (χ0n) is 14.0. The molecule has 1 N–H and O–H groups in total. The first-order chi connectivity index (χ1) is 11.6. The first-order valence-electron chi connectivity index (χ1n) is 7.01. The Morgan fingerprint density at radius 1 is 1.40 bits per heavy atom. The third-order valence-electron chi connectivity index (χ3n) is 2.52. The second kappa shape index (κ2) is 11.4. The van der Waals surface area contributed by atoms with Crippen molar-refractivity contribution in [3.8, 4) is 0 Å². The van der Waals surface area contributed by atoms with Gasteiger partial charge in [-0.05, 0) is 31.9 Å². The fraction of sp³-hybridized carbons (Fsp3) is 0.500. The molecule has 0 heterocycles. The number of nitrogens with zero attached hydrogens (tertiary/aromatic N) is 4. The molecule has 9 nitrogen and oxygen atoms in total. The van der Waals surface area contributed by atoms with Crippen molar-refractivity contribution < 1.29 is 14.5 Å². The van der Waals surface area contributed by atoms with Crippen LogP contribution >= 0.6 is 23.2 Å². The van der Waals surface area contributed by atoms with Crippen molar-refractivity contribution in [1.29, 1.82) is 0 Å². The number of rotatable bonds is 5. The highest BCUT2D eigenvalue weighted by Crippen LogP contribution is 2.19. The SMILES string of the molecule is CC(C)(C)OC(=O)N[C@H](CN=[N+]=[N-])c1ccc([N+](=O)[O-])cc1.ClCCl. The molecule has 0 saturated carbocycles. The van der Waals surface area contributed by atoms with E-state index < -0.39 is 22.7 Å². The Bertz CT molecular complexity index is 613. The highest BCUT2D eigenvalue weighted by atomic mass is 35.5. The average molecular weight is 392 g/mol. The number of alkyl halides is 2. The van der Waals surface area contributed by atoms with E-state index >= 15 is 0 Å². The molecule has 0 bridgehead atoms. The molecule has 1 rings (SSSR count). The summed E-state index contributed by atoms with van der Waals surface area (Å²) < 4.78 is 5.14. The molecule has 0 aliphatic rings. The largest absolute Gasteiger partial charge is 0.444 e. The van der Waals surface area contributed by atoms with Crippen molar-refractivity contribution in [1.82, 2.24) is 5.32 Å². The van der Waals surface area contributed by atoms with Crippen molar-refractivity contribution in [3.05, 3.63) is 50.4 Å². The van der Waals surface area contributed by atoms with Gasteiger partial charge in [0, 0.05) is 17.0 Å². The summed E-state index contributed by atoms with van der Waals surface area (Å²) in [5.74, 6) is 0. The number of amides is 1. The monoisotopic (exact) mass is 391 g/mol. The lowest BCUT2D eigenvalue weighted by Crippen LogP contribution is -2.36. The van der Waals surface area contributed by atoms with E-state index in [0.29, 0.717) is 5.56 Å². The lowest BCUT2D eigenvalue weighted by molar-refractivity contribution is -0.384. The molecular weight excluding hydrogens is 373 g/mol. The minimum absolute atomic E-state index is 0.0342. The van der Waals surface area contributed by atoms with Crippen molar-refractivity contribution in [2.24, 2.45) is 5.11 Å². The Morgan fingerprint density at radius 2 is 1.92 bits per heavy atom. The number of nitro benzene ring substituents is 1. The van der Waals surface area contributed by atoms with Gasteiger partial charge in [-0.15, -0.1) is 23.2 Å². The third-order valence-corrected chi connectivity index (χ3v) is 2.52. The second-order valence-corrected chi connectivity index (χ2v) is 6.37. The van der Waals surface area contributed by atoms with Gasteiger partial charge in [0.2, 0.25) is 0 Å². The Hall–Kier alpha value is -2.22. The van der Waals surface area contributed by atoms with Crippen molar-refractivity contribution in [2.75, 3.05) is 11.9 Å². The van der Waals surface area contributed by atoms with Crippen LogP contribution in [-0.2, 0) is 4.74 Å². The fourth-order valence-corrected chi connectivity index (χ4v) is 1.63. The average Bonchev–Trinajstić information content (AvgIpc) is 2.50. The van der Waals surface area contributed by atoms with E-state index in [1.165, 1.54) is 24.3 Å². The molecule has 138 valence electrons. The highest BCUT2D eigenvalue weighted by Gasteiger charge is 2.20. The summed E-state index contributed by atoms with van der Waals surface area (Å²) in [7, 11) is 0. The van der Waals surface area contributed by atoms with Crippen LogP contribution in [0.5, 0.6) is 0 Å². The van der Waals surface area contributed by atoms with Crippen LogP contribution in [0.15, 0.2) is 29.4 Å². The van der Waals surface area contributed by atoms with Gasteiger partial charge in [0.05, 0.1) is 22.8 Å². The van der Waals surface area contributed by atoms with Crippen LogP contribution in [0.25, 0.3) is 10.4 Å². The van der Waals surface area contributed by atoms with E-state index in [9.17, 15) is 14.9 Å². The summed E-state index contributed by atoms with van der Waals surface area (Å²) in [5, 5.41) is 16.8. The van der Waals surface area contributed by atoms with Gasteiger partial charge in [-0.1, -0.05) is 17.2 Å². The molecule has 0 aliphatic heterocycles. The lowest BCUT2D eigenvalue weighted by Gasteiger charge is -2.23. The smallest absolute Gasteiger partial charge is 0.408 e. The quantitative estimate of drug-likeness (QED) is 0.191. The second-order valence-electron chi connectivity index (χ2n) is 5.56. The minimum Gasteiger partial charge on any atom is -0.444 e. The zero-order valence-corrected chi connectivity index (χ0v) is 15.5. The number of nitro groups is 1. The minimum atomic E-state index is -0.664. The highest BCUT2D eigenvalue weighted by molar-refractivity contribution is 6.40. The predicted molar refractivity (Wildman–Crippen MR) is 95.8 cm³/mol. The molecule has 0 radical (unpaired) electrons. The van der Waals surface area contributed by atoms with E-state index in [0.717, 1.165) is 0 Å². The molecule has 1 aromatic rings. The molecule has 11 heteroatoms. The van der Waals surface area contributed by atoms with Gasteiger partial charge in [-0.2, -0.15) is 0 Å². The molecule has 25 heavy (non-hydrogen) atoms. The van der Waals surface area contributed by atoms with Crippen LogP contribution in [0.3, 0.4) is 0 Å². The summed E-state index contributed by atoms with van der Waals surface area (Å²) in [6, 6.07) is 4.98. The van der Waals surface area contributed by atoms with Gasteiger partial charge in [0.25, 0.3) is 5.69 Å². The first kappa shape index (κ1) is 22.8. The van der Waals surface area contributed by atoms with Crippen molar-refractivity contribution in [2.45, 2.75) is 32.4 Å². The van der Waals surface area contributed by atoms with Crippen LogP contribution in [0.4, 0.5) is 10.5 Å². The van der Waals surface area contributed by atoms with Crippen LogP contribution < -0.4 is 5.32 Å². The van der Waals surface area contributed by atoms with E-state index in [2.05, 4.69) is 15.3 Å². The van der Waals surface area contributed by atoms with E-state index in [4.69, 9.17) is 33.5 Å². The number of azide groups is 1. The number of carbonyl (C=O) groups is 1. The van der Waals surface area contributed by atoms with Crippen LogP contribution in [0, 0.1) is 10.1 Å². The van der Waals surface area contributed by atoms with E-state index in [1.807, 2.05) is 0 Å². The van der Waals surface area contributed by atoms with Gasteiger partial charge in [-0.25, -0.2) is 4.79 Å². The maximum Gasteiger partial charge on any atom is 0.408 e. The standard InChI is InChI=1S/C13H17N5O4.CH2Cl2/c1-13(2,3)22-12(19)16-11(8-15-17-14)9-4-6-10(7-5-9)18(20)21;2-1-3/h4-7,11H,8H2,1-3H3,(H,16,19);1H2/t11-;/m1./s1. The third kappa shape index (κ3) is 10.3. The molecule has 0 saturated heterocycles. The van der Waals surface area contributed by atoms with Crippen molar-refractivity contribution in [3.63, 3.8) is 0 Å². The summed E-state index contributed by atoms with van der Waals surface area (Å²) in [6.07, 6.45) is -0.663. The molecular formula is C14H19Cl2N5O4. The number of benzene rings is 1. The Kier molecular flexibility index (Phi) is 10.3. The molecule has 0 fully saturated rings. The Labute approximate surface area is 155 Å². The number of halogens is 2. The number of nitrogens with one attached hydrogen (secondary N) is 1. The summed E-state index contributed by atoms with van der Waals surface area (Å²) in [5.41, 5.74) is 8.27. The summed E-state index contributed by atoms with van der Waals surface area (Å²) in [4.78, 5) is 24.6. The molecule has 0 aromatic heterocycles. The number of ether oxygens (including phenoxy) is 1. The molecule has 0 aliphatic carbocycles. The van der Waals surface area contributed by atoms with E-state index in [1.54, 1.807) is 20.8 Å².